The second kappa shape index (κ2) is 3.92. The third kappa shape index (κ3) is 1.82. The van der Waals surface area contributed by atoms with Gasteiger partial charge in [0.2, 0.25) is 0 Å². The normalized spacial score (nSPS) is 19.9. The lowest BCUT2D eigenvalue weighted by Gasteiger charge is -2.10. The van der Waals surface area contributed by atoms with Gasteiger partial charge in [-0.3, -0.25) is 9.20 Å². The van der Waals surface area contributed by atoms with Gasteiger partial charge in [0.25, 0.3) is 5.56 Å². The van der Waals surface area contributed by atoms with Crippen LogP contribution in [0.4, 0.5) is 4.39 Å². The summed E-state index contributed by atoms with van der Waals surface area (Å²) < 4.78 is 14.2. The van der Waals surface area contributed by atoms with Gasteiger partial charge in [0.05, 0.1) is 5.69 Å². The Morgan fingerprint density at radius 1 is 1.47 bits per heavy atom. The third-order valence-corrected chi connectivity index (χ3v) is 3.06. The number of hydrogen-bond donors (Lipinski definition) is 1. The molecule has 0 aliphatic carbocycles. The van der Waals surface area contributed by atoms with Gasteiger partial charge in [0.1, 0.15) is 11.5 Å². The van der Waals surface area contributed by atoms with Gasteiger partial charge in [0.15, 0.2) is 0 Å². The highest BCUT2D eigenvalue weighted by atomic mass is 19.1. The van der Waals surface area contributed by atoms with Crippen LogP contribution in [0.1, 0.15) is 24.6 Å². The van der Waals surface area contributed by atoms with E-state index in [1.807, 2.05) is 0 Å². The van der Waals surface area contributed by atoms with Crippen LogP contribution in [-0.2, 0) is 0 Å². The maximum absolute atomic E-state index is 13.0. The molecule has 0 amide bonds. The molecule has 3 heterocycles. The van der Waals surface area contributed by atoms with Crippen molar-refractivity contribution in [2.75, 3.05) is 6.54 Å². The first kappa shape index (κ1) is 10.4. The van der Waals surface area contributed by atoms with Gasteiger partial charge in [-0.25, -0.2) is 9.37 Å². The predicted molar refractivity (Wildman–Crippen MR) is 61.4 cm³/mol. The summed E-state index contributed by atoms with van der Waals surface area (Å²) >= 11 is 0. The van der Waals surface area contributed by atoms with Crippen LogP contribution < -0.4 is 10.9 Å². The fourth-order valence-corrected chi connectivity index (χ4v) is 2.21. The smallest absolute Gasteiger partial charge is 0.258 e. The average molecular weight is 233 g/mol. The lowest BCUT2D eigenvalue weighted by molar-refractivity contribution is 0.611. The summed E-state index contributed by atoms with van der Waals surface area (Å²) in [6, 6.07) is 4.47. The van der Waals surface area contributed by atoms with Gasteiger partial charge in [-0.05, 0) is 31.5 Å². The fraction of sp³-hybridized carbons (Fsp3) is 0.333. The van der Waals surface area contributed by atoms with Crippen molar-refractivity contribution in [2.24, 2.45) is 0 Å². The molecule has 1 atom stereocenters. The molecular weight excluding hydrogens is 221 g/mol. The SMILES string of the molecule is O=c1cc(C2CCCN2)nc2ccc(F)cn12. The van der Waals surface area contributed by atoms with Crippen LogP contribution in [0.15, 0.2) is 29.2 Å². The van der Waals surface area contributed by atoms with Gasteiger partial charge < -0.3 is 5.32 Å². The molecule has 17 heavy (non-hydrogen) atoms. The van der Waals surface area contributed by atoms with Crippen LogP contribution >= 0.6 is 0 Å². The van der Waals surface area contributed by atoms with E-state index in [4.69, 9.17) is 0 Å². The number of halogens is 1. The van der Waals surface area contributed by atoms with Gasteiger partial charge in [0, 0.05) is 18.3 Å². The Morgan fingerprint density at radius 2 is 2.35 bits per heavy atom. The van der Waals surface area contributed by atoms with Crippen LogP contribution in [0.2, 0.25) is 0 Å². The molecule has 1 N–H and O–H groups in total. The van der Waals surface area contributed by atoms with Crippen LogP contribution in [0.3, 0.4) is 0 Å². The minimum absolute atomic E-state index is 0.151. The third-order valence-electron chi connectivity index (χ3n) is 3.06. The molecule has 1 aliphatic heterocycles. The van der Waals surface area contributed by atoms with Crippen molar-refractivity contribution in [1.29, 1.82) is 0 Å². The number of fused-ring (bicyclic) bond motifs is 1. The first-order chi connectivity index (χ1) is 8.24. The molecule has 0 spiro atoms. The van der Waals surface area contributed by atoms with Gasteiger partial charge in [-0.15, -0.1) is 0 Å². The highest BCUT2D eigenvalue weighted by Crippen LogP contribution is 2.20. The Kier molecular flexibility index (Phi) is 2.40. The second-order valence-electron chi connectivity index (χ2n) is 4.24. The summed E-state index contributed by atoms with van der Waals surface area (Å²) in [7, 11) is 0. The largest absolute Gasteiger partial charge is 0.309 e. The average Bonchev–Trinajstić information content (AvgIpc) is 2.83. The molecule has 1 aliphatic rings. The lowest BCUT2D eigenvalue weighted by Crippen LogP contribution is -2.21. The van der Waals surface area contributed by atoms with E-state index in [9.17, 15) is 9.18 Å². The van der Waals surface area contributed by atoms with Crippen LogP contribution in [0, 0.1) is 5.82 Å². The van der Waals surface area contributed by atoms with E-state index in [1.54, 1.807) is 0 Å². The minimum atomic E-state index is -0.437. The summed E-state index contributed by atoms with van der Waals surface area (Å²) in [5.41, 5.74) is 1.000. The lowest BCUT2D eigenvalue weighted by atomic mass is 10.1. The molecular formula is C12H12FN3O. The number of pyridine rings is 1. The Balaban J connectivity index is 2.17. The molecule has 4 nitrogen and oxygen atoms in total. The van der Waals surface area contributed by atoms with E-state index in [1.165, 1.54) is 22.6 Å². The highest BCUT2D eigenvalue weighted by molar-refractivity contribution is 5.39. The number of rotatable bonds is 1. The number of hydrogen-bond acceptors (Lipinski definition) is 3. The standard InChI is InChI=1S/C12H12FN3O/c13-8-3-4-11-15-10(9-2-1-5-14-9)6-12(17)16(11)7-8/h3-4,6-7,9,14H,1-2,5H2. The molecule has 0 aromatic carbocycles. The molecule has 88 valence electrons. The van der Waals surface area contributed by atoms with Crippen molar-refractivity contribution >= 4 is 5.65 Å². The predicted octanol–water partition coefficient (Wildman–Crippen LogP) is 1.26. The molecule has 0 saturated carbocycles. The Morgan fingerprint density at radius 3 is 3.12 bits per heavy atom. The van der Waals surface area contributed by atoms with Crippen molar-refractivity contribution in [3.8, 4) is 0 Å². The van der Waals surface area contributed by atoms with Crippen LogP contribution in [0.25, 0.3) is 5.65 Å². The first-order valence-corrected chi connectivity index (χ1v) is 5.66. The van der Waals surface area contributed by atoms with E-state index < -0.39 is 5.82 Å². The topological polar surface area (TPSA) is 46.4 Å². The molecule has 5 heteroatoms. The number of nitrogens with one attached hydrogen (secondary N) is 1. The van der Waals surface area contributed by atoms with E-state index in [0.29, 0.717) is 5.65 Å². The Bertz CT molecular complexity index is 617. The van der Waals surface area contributed by atoms with E-state index in [-0.39, 0.29) is 11.6 Å². The molecule has 3 rings (SSSR count). The molecule has 1 unspecified atom stereocenters. The number of aromatic nitrogens is 2. The maximum Gasteiger partial charge on any atom is 0.258 e. The monoisotopic (exact) mass is 233 g/mol. The Hall–Kier alpha value is -1.75. The summed E-state index contributed by atoms with van der Waals surface area (Å²) in [5.74, 6) is -0.437. The second-order valence-corrected chi connectivity index (χ2v) is 4.24. The quantitative estimate of drug-likeness (QED) is 0.806. The summed E-state index contributed by atoms with van der Waals surface area (Å²) in [5, 5.41) is 3.29. The van der Waals surface area contributed by atoms with Crippen molar-refractivity contribution in [1.82, 2.24) is 14.7 Å². The van der Waals surface area contributed by atoms with Gasteiger partial charge in [-0.1, -0.05) is 0 Å². The number of nitrogens with zero attached hydrogens (tertiary/aromatic N) is 2. The van der Waals surface area contributed by atoms with E-state index in [2.05, 4.69) is 10.3 Å². The minimum Gasteiger partial charge on any atom is -0.309 e. The summed E-state index contributed by atoms with van der Waals surface area (Å²) in [6.45, 7) is 0.954. The molecule has 0 bridgehead atoms. The van der Waals surface area contributed by atoms with Gasteiger partial charge >= 0.3 is 0 Å². The molecule has 1 saturated heterocycles. The molecule has 1 fully saturated rings. The van der Waals surface area contributed by atoms with E-state index in [0.717, 1.165) is 31.3 Å². The zero-order valence-electron chi connectivity index (χ0n) is 9.19. The molecule has 2 aromatic rings. The fourth-order valence-electron chi connectivity index (χ4n) is 2.21. The van der Waals surface area contributed by atoms with E-state index >= 15 is 0 Å². The molecule has 0 radical (unpaired) electrons. The van der Waals surface area contributed by atoms with Crippen molar-refractivity contribution in [3.05, 3.63) is 46.3 Å². The maximum atomic E-state index is 13.0. The molecule has 2 aromatic heterocycles. The summed E-state index contributed by atoms with van der Waals surface area (Å²) in [4.78, 5) is 16.2. The highest BCUT2D eigenvalue weighted by Gasteiger charge is 2.18. The Labute approximate surface area is 97.1 Å². The first-order valence-electron chi connectivity index (χ1n) is 5.66. The van der Waals surface area contributed by atoms with Gasteiger partial charge in [-0.2, -0.15) is 0 Å². The zero-order chi connectivity index (χ0) is 11.8. The van der Waals surface area contributed by atoms with Crippen LogP contribution in [0.5, 0.6) is 0 Å². The van der Waals surface area contributed by atoms with Crippen molar-refractivity contribution < 1.29 is 4.39 Å². The van der Waals surface area contributed by atoms with Crippen molar-refractivity contribution in [2.45, 2.75) is 18.9 Å². The van der Waals surface area contributed by atoms with Crippen LogP contribution in [-0.4, -0.2) is 15.9 Å². The summed E-state index contributed by atoms with van der Waals surface area (Å²) in [6.07, 6.45) is 3.25. The van der Waals surface area contributed by atoms with Crippen molar-refractivity contribution in [3.63, 3.8) is 0 Å². The zero-order valence-corrected chi connectivity index (χ0v) is 9.19.